The van der Waals surface area contributed by atoms with Crippen LogP contribution >= 0.6 is 0 Å². The number of pyridine rings is 1. The molecule has 2 heterocycles. The van der Waals surface area contributed by atoms with E-state index in [0.717, 1.165) is 19.4 Å². The molecule has 1 fully saturated rings. The van der Waals surface area contributed by atoms with Crippen molar-refractivity contribution in [2.75, 3.05) is 13.1 Å². The normalized spacial score (nSPS) is 19.0. The highest BCUT2D eigenvalue weighted by atomic mass is 16.4. The number of amides is 1. The highest BCUT2D eigenvalue weighted by Gasteiger charge is 2.30. The molecule has 2 aliphatic rings. The first-order valence-electron chi connectivity index (χ1n) is 8.89. The van der Waals surface area contributed by atoms with Gasteiger partial charge in [-0.05, 0) is 36.1 Å². The molecule has 0 radical (unpaired) electrons. The lowest BCUT2D eigenvalue weighted by molar-refractivity contribution is -0.128. The van der Waals surface area contributed by atoms with Gasteiger partial charge in [-0.2, -0.15) is 0 Å². The number of aromatic nitrogens is 1. The Bertz CT molecular complexity index is 889. The van der Waals surface area contributed by atoms with Gasteiger partial charge in [0.2, 0.25) is 5.91 Å². The van der Waals surface area contributed by atoms with Gasteiger partial charge in [0.1, 0.15) is 0 Å². The molecule has 1 aromatic carbocycles. The third kappa shape index (κ3) is 3.01. The molecule has 1 atom stereocenters. The topological polar surface area (TPSA) is 70.5 Å². The number of piperidine rings is 1. The average molecular weight is 348 g/mol. The molecule has 5 nitrogen and oxygen atoms in total. The predicted octanol–water partition coefficient (Wildman–Crippen LogP) is 3.13. The maximum atomic E-state index is 13.0. The Morgan fingerprint density at radius 1 is 1.15 bits per heavy atom. The standard InChI is InChI=1S/C21H20N2O3/c24-20(16-11-18-17(21(25)26)8-9-22-19(18)12-16)23-10-4-7-15(13-23)14-5-2-1-3-6-14/h1-3,5-6,8-9,12,15H,4,7,10-11,13H2,(H,25,26). The van der Waals surface area contributed by atoms with Crippen molar-refractivity contribution in [3.05, 3.63) is 70.6 Å². The first-order valence-corrected chi connectivity index (χ1v) is 8.89. The lowest BCUT2D eigenvalue weighted by Crippen LogP contribution is -2.39. The van der Waals surface area contributed by atoms with Crippen molar-refractivity contribution in [3.8, 4) is 0 Å². The van der Waals surface area contributed by atoms with Crippen molar-refractivity contribution < 1.29 is 14.7 Å². The number of hydrogen-bond donors (Lipinski definition) is 1. The highest BCUT2D eigenvalue weighted by Crippen LogP contribution is 2.31. The van der Waals surface area contributed by atoms with E-state index in [2.05, 4.69) is 17.1 Å². The lowest BCUT2D eigenvalue weighted by atomic mass is 9.90. The van der Waals surface area contributed by atoms with Gasteiger partial charge in [0.05, 0.1) is 11.3 Å². The largest absolute Gasteiger partial charge is 0.478 e. The summed E-state index contributed by atoms with van der Waals surface area (Å²) in [6, 6.07) is 11.8. The number of aromatic carboxylic acids is 1. The third-order valence-corrected chi connectivity index (χ3v) is 5.25. The third-order valence-electron chi connectivity index (χ3n) is 5.25. The molecular formula is C21H20N2O3. The number of nitrogens with zero attached hydrogens (tertiary/aromatic N) is 2. The van der Waals surface area contributed by atoms with Gasteiger partial charge in [0, 0.05) is 37.2 Å². The number of carboxylic acid groups (broad SMARTS) is 1. The molecule has 132 valence electrons. The van der Waals surface area contributed by atoms with Crippen LogP contribution in [-0.2, 0) is 11.2 Å². The predicted molar refractivity (Wildman–Crippen MR) is 97.9 cm³/mol. The number of rotatable bonds is 3. The van der Waals surface area contributed by atoms with Crippen LogP contribution in [0.25, 0.3) is 6.08 Å². The van der Waals surface area contributed by atoms with E-state index in [0.29, 0.717) is 35.7 Å². The minimum absolute atomic E-state index is 0.0000279. The highest BCUT2D eigenvalue weighted by molar-refractivity contribution is 6.02. The van der Waals surface area contributed by atoms with Gasteiger partial charge in [-0.15, -0.1) is 0 Å². The summed E-state index contributed by atoms with van der Waals surface area (Å²) in [6.45, 7) is 1.45. The van der Waals surface area contributed by atoms with Crippen molar-refractivity contribution in [2.24, 2.45) is 0 Å². The van der Waals surface area contributed by atoms with Gasteiger partial charge in [0.25, 0.3) is 0 Å². The number of hydrogen-bond acceptors (Lipinski definition) is 3. The molecule has 5 heteroatoms. The Labute approximate surface area is 152 Å². The van der Waals surface area contributed by atoms with E-state index >= 15 is 0 Å². The SMILES string of the molecule is O=C(O)c1ccnc2c1CC(C(=O)N1CCCC(c3ccccc3)C1)=C2. The van der Waals surface area contributed by atoms with Gasteiger partial charge in [-0.25, -0.2) is 4.79 Å². The number of carboxylic acids is 1. The fraction of sp³-hybridized carbons (Fsp3) is 0.286. The second kappa shape index (κ2) is 6.75. The van der Waals surface area contributed by atoms with Crippen LogP contribution in [0.4, 0.5) is 0 Å². The number of carbonyl (C=O) groups excluding carboxylic acids is 1. The number of benzene rings is 1. The first kappa shape index (κ1) is 16.5. The maximum Gasteiger partial charge on any atom is 0.336 e. The zero-order valence-electron chi connectivity index (χ0n) is 14.4. The summed E-state index contributed by atoms with van der Waals surface area (Å²) in [5.41, 5.74) is 3.37. The molecule has 0 spiro atoms. The van der Waals surface area contributed by atoms with Crippen LogP contribution in [0.5, 0.6) is 0 Å². The van der Waals surface area contributed by atoms with Gasteiger partial charge in [-0.3, -0.25) is 9.78 Å². The Morgan fingerprint density at radius 2 is 1.96 bits per heavy atom. The summed E-state index contributed by atoms with van der Waals surface area (Å²) in [5.74, 6) is -0.626. The van der Waals surface area contributed by atoms with Crippen LogP contribution in [0, 0.1) is 0 Å². The fourth-order valence-electron chi connectivity index (χ4n) is 3.92. The van der Waals surface area contributed by atoms with Gasteiger partial charge in [0.15, 0.2) is 0 Å². The molecule has 4 rings (SSSR count). The molecule has 26 heavy (non-hydrogen) atoms. The average Bonchev–Trinajstić information content (AvgIpc) is 3.12. The number of likely N-dealkylation sites (tertiary alicyclic amines) is 1. The van der Waals surface area contributed by atoms with E-state index in [4.69, 9.17) is 0 Å². The molecule has 1 N–H and O–H groups in total. The van der Waals surface area contributed by atoms with E-state index in [1.807, 2.05) is 23.1 Å². The van der Waals surface area contributed by atoms with Crippen LogP contribution < -0.4 is 0 Å². The van der Waals surface area contributed by atoms with E-state index in [1.165, 1.54) is 17.8 Å². The van der Waals surface area contributed by atoms with Crippen LogP contribution in [0.2, 0.25) is 0 Å². The van der Waals surface area contributed by atoms with Crippen LogP contribution in [-0.4, -0.2) is 40.0 Å². The Morgan fingerprint density at radius 3 is 2.73 bits per heavy atom. The Hall–Kier alpha value is -2.95. The molecule has 0 saturated carbocycles. The zero-order chi connectivity index (χ0) is 18.1. The van der Waals surface area contributed by atoms with Crippen molar-refractivity contribution in [1.29, 1.82) is 0 Å². The zero-order valence-corrected chi connectivity index (χ0v) is 14.4. The summed E-state index contributed by atoms with van der Waals surface area (Å²) >= 11 is 0. The van der Waals surface area contributed by atoms with Crippen LogP contribution in [0.1, 0.15) is 45.9 Å². The summed E-state index contributed by atoms with van der Waals surface area (Å²) in [5, 5.41) is 9.34. The van der Waals surface area contributed by atoms with Crippen molar-refractivity contribution in [3.63, 3.8) is 0 Å². The summed E-state index contributed by atoms with van der Waals surface area (Å²) in [6.07, 6.45) is 5.63. The maximum absolute atomic E-state index is 13.0. The quantitative estimate of drug-likeness (QED) is 0.925. The summed E-state index contributed by atoms with van der Waals surface area (Å²) < 4.78 is 0. The monoisotopic (exact) mass is 348 g/mol. The molecular weight excluding hydrogens is 328 g/mol. The van der Waals surface area contributed by atoms with E-state index < -0.39 is 5.97 Å². The second-order valence-electron chi connectivity index (χ2n) is 6.87. The lowest BCUT2D eigenvalue weighted by Gasteiger charge is -2.33. The molecule has 0 bridgehead atoms. The molecule has 1 unspecified atom stereocenters. The van der Waals surface area contributed by atoms with Crippen LogP contribution in [0.3, 0.4) is 0 Å². The Kier molecular flexibility index (Phi) is 4.29. The molecule has 1 aromatic heterocycles. The molecule has 2 aromatic rings. The fourth-order valence-corrected chi connectivity index (χ4v) is 3.92. The molecule has 1 amide bonds. The second-order valence-corrected chi connectivity index (χ2v) is 6.87. The summed E-state index contributed by atoms with van der Waals surface area (Å²) in [7, 11) is 0. The first-order chi connectivity index (χ1) is 12.6. The van der Waals surface area contributed by atoms with Crippen molar-refractivity contribution in [1.82, 2.24) is 9.88 Å². The van der Waals surface area contributed by atoms with Crippen LogP contribution in [0.15, 0.2) is 48.2 Å². The smallest absolute Gasteiger partial charge is 0.336 e. The van der Waals surface area contributed by atoms with Crippen molar-refractivity contribution in [2.45, 2.75) is 25.2 Å². The molecule has 1 saturated heterocycles. The minimum atomic E-state index is -0.979. The van der Waals surface area contributed by atoms with Crippen molar-refractivity contribution >= 4 is 18.0 Å². The Balaban J connectivity index is 1.52. The minimum Gasteiger partial charge on any atom is -0.478 e. The number of carbonyl (C=O) groups is 2. The molecule has 1 aliphatic heterocycles. The van der Waals surface area contributed by atoms with Gasteiger partial charge >= 0.3 is 5.97 Å². The summed E-state index contributed by atoms with van der Waals surface area (Å²) in [4.78, 5) is 30.5. The number of fused-ring (bicyclic) bond motifs is 1. The van der Waals surface area contributed by atoms with Gasteiger partial charge < -0.3 is 10.0 Å². The van der Waals surface area contributed by atoms with Gasteiger partial charge in [-0.1, -0.05) is 30.3 Å². The van der Waals surface area contributed by atoms with E-state index in [9.17, 15) is 14.7 Å². The molecule has 1 aliphatic carbocycles. The van der Waals surface area contributed by atoms with E-state index in [-0.39, 0.29) is 11.5 Å². The van der Waals surface area contributed by atoms with E-state index in [1.54, 1.807) is 6.08 Å².